The van der Waals surface area contributed by atoms with E-state index >= 15 is 0 Å². The van der Waals surface area contributed by atoms with E-state index in [2.05, 4.69) is 26.2 Å². The molecule has 1 aliphatic rings. The Morgan fingerprint density at radius 1 is 1.33 bits per heavy atom. The number of nitrogens with zero attached hydrogens (tertiary/aromatic N) is 2. The van der Waals surface area contributed by atoms with Gasteiger partial charge >= 0.3 is 0 Å². The van der Waals surface area contributed by atoms with E-state index in [-0.39, 0.29) is 18.2 Å². The van der Waals surface area contributed by atoms with Crippen LogP contribution in [-0.4, -0.2) is 34.2 Å². The minimum atomic E-state index is -0.549. The molecule has 1 heterocycles. The zero-order chi connectivity index (χ0) is 19.6. The van der Waals surface area contributed by atoms with Gasteiger partial charge in [-0.15, -0.1) is 0 Å². The molecule has 2 amide bonds. The Morgan fingerprint density at radius 3 is 2.81 bits per heavy atom. The molecule has 0 radical (unpaired) electrons. The van der Waals surface area contributed by atoms with Gasteiger partial charge in [-0.3, -0.25) is 14.5 Å². The van der Waals surface area contributed by atoms with E-state index in [1.54, 1.807) is 19.2 Å². The standard InChI is InChI=1S/C19H17BrClN3O2S/c1-11-6-7-14(9-15(11)21)23-19-24(2)17(25)10-16(27-19)18(26)22-13-5-3-4-12(20)8-13/h3-9,16H,10H2,1-2H3,(H,22,26). The molecule has 1 N–H and O–H groups in total. The van der Waals surface area contributed by atoms with Crippen LogP contribution in [0.2, 0.25) is 5.02 Å². The number of nitrogens with one attached hydrogen (secondary N) is 1. The highest BCUT2D eigenvalue weighted by atomic mass is 79.9. The van der Waals surface area contributed by atoms with E-state index in [0.717, 1.165) is 10.0 Å². The summed E-state index contributed by atoms with van der Waals surface area (Å²) in [7, 11) is 1.66. The molecule has 0 spiro atoms. The third-order valence-corrected chi connectivity index (χ3v) is 6.18. The molecule has 8 heteroatoms. The van der Waals surface area contributed by atoms with Gasteiger partial charge in [0.05, 0.1) is 5.69 Å². The smallest absolute Gasteiger partial charge is 0.238 e. The first-order valence-corrected chi connectivity index (χ1v) is 10.2. The molecule has 2 aromatic carbocycles. The molecule has 140 valence electrons. The van der Waals surface area contributed by atoms with Crippen molar-refractivity contribution < 1.29 is 9.59 Å². The van der Waals surface area contributed by atoms with Crippen molar-refractivity contribution in [3.63, 3.8) is 0 Å². The number of aryl methyl sites for hydroxylation is 1. The highest BCUT2D eigenvalue weighted by Gasteiger charge is 2.34. The van der Waals surface area contributed by atoms with E-state index < -0.39 is 5.25 Å². The number of amides is 2. The number of hydrogen-bond donors (Lipinski definition) is 1. The zero-order valence-electron chi connectivity index (χ0n) is 14.7. The number of aliphatic imine (C=N–C) groups is 1. The average Bonchev–Trinajstić information content (AvgIpc) is 2.62. The molecule has 2 aromatic rings. The van der Waals surface area contributed by atoms with Gasteiger partial charge in [0, 0.05) is 28.7 Å². The topological polar surface area (TPSA) is 61.8 Å². The molecule has 1 saturated heterocycles. The van der Waals surface area contributed by atoms with Crippen molar-refractivity contribution in [1.29, 1.82) is 0 Å². The van der Waals surface area contributed by atoms with Crippen molar-refractivity contribution in [2.45, 2.75) is 18.6 Å². The van der Waals surface area contributed by atoms with Crippen LogP contribution in [0.25, 0.3) is 0 Å². The number of carbonyl (C=O) groups is 2. The molecule has 0 aliphatic carbocycles. The quantitative estimate of drug-likeness (QED) is 0.692. The summed E-state index contributed by atoms with van der Waals surface area (Å²) >= 11 is 10.8. The van der Waals surface area contributed by atoms with E-state index in [9.17, 15) is 9.59 Å². The van der Waals surface area contributed by atoms with Crippen LogP contribution in [0.1, 0.15) is 12.0 Å². The summed E-state index contributed by atoms with van der Waals surface area (Å²) in [5, 5.41) is 3.38. The molecule has 3 rings (SSSR count). The summed E-state index contributed by atoms with van der Waals surface area (Å²) < 4.78 is 0.867. The Balaban J connectivity index is 1.80. The maximum absolute atomic E-state index is 12.6. The largest absolute Gasteiger partial charge is 0.325 e. The fourth-order valence-corrected chi connectivity index (χ4v) is 4.09. The number of amidine groups is 1. The predicted octanol–water partition coefficient (Wildman–Crippen LogP) is 5.00. The molecule has 1 aliphatic heterocycles. The highest BCUT2D eigenvalue weighted by molar-refractivity contribution is 9.10. The van der Waals surface area contributed by atoms with Crippen LogP contribution in [0.15, 0.2) is 51.9 Å². The number of anilines is 1. The molecule has 0 aromatic heterocycles. The zero-order valence-corrected chi connectivity index (χ0v) is 17.9. The lowest BCUT2D eigenvalue weighted by Crippen LogP contribution is -2.43. The molecule has 1 atom stereocenters. The Labute approximate surface area is 175 Å². The van der Waals surface area contributed by atoms with Crippen LogP contribution in [-0.2, 0) is 9.59 Å². The predicted molar refractivity (Wildman–Crippen MR) is 115 cm³/mol. The summed E-state index contributed by atoms with van der Waals surface area (Å²) in [5.41, 5.74) is 2.26. The number of thioether (sulfide) groups is 1. The van der Waals surface area contributed by atoms with Crippen molar-refractivity contribution >= 4 is 67.6 Å². The monoisotopic (exact) mass is 465 g/mol. The first-order valence-electron chi connectivity index (χ1n) is 8.18. The lowest BCUT2D eigenvalue weighted by molar-refractivity contribution is -0.128. The highest BCUT2D eigenvalue weighted by Crippen LogP contribution is 2.30. The molecular weight excluding hydrogens is 450 g/mol. The number of rotatable bonds is 3. The molecule has 0 bridgehead atoms. The number of carbonyl (C=O) groups excluding carboxylic acids is 2. The Morgan fingerprint density at radius 2 is 2.11 bits per heavy atom. The second kappa shape index (κ2) is 8.46. The summed E-state index contributed by atoms with van der Waals surface area (Å²) in [4.78, 5) is 31.0. The summed E-state index contributed by atoms with van der Waals surface area (Å²) in [5.74, 6) is -0.380. The van der Waals surface area contributed by atoms with Crippen LogP contribution < -0.4 is 5.32 Å². The van der Waals surface area contributed by atoms with Crippen LogP contribution >= 0.6 is 39.3 Å². The van der Waals surface area contributed by atoms with Gasteiger partial charge in [0.25, 0.3) is 0 Å². The van der Waals surface area contributed by atoms with Crippen LogP contribution in [0.3, 0.4) is 0 Å². The molecule has 0 saturated carbocycles. The SMILES string of the molecule is Cc1ccc(N=C2SC(C(=O)Nc3cccc(Br)c3)CC(=O)N2C)cc1Cl. The lowest BCUT2D eigenvalue weighted by Gasteiger charge is -2.28. The third kappa shape index (κ3) is 4.91. The van der Waals surface area contributed by atoms with Gasteiger partial charge in [-0.05, 0) is 42.8 Å². The number of benzene rings is 2. The minimum absolute atomic E-state index is 0.120. The Kier molecular flexibility index (Phi) is 6.24. The molecule has 5 nitrogen and oxygen atoms in total. The van der Waals surface area contributed by atoms with Crippen molar-refractivity contribution in [2.75, 3.05) is 12.4 Å². The normalized spacial score (nSPS) is 18.7. The van der Waals surface area contributed by atoms with Gasteiger partial charge in [0.2, 0.25) is 11.8 Å². The first kappa shape index (κ1) is 19.9. The first-order chi connectivity index (χ1) is 12.8. The lowest BCUT2D eigenvalue weighted by atomic mass is 10.2. The van der Waals surface area contributed by atoms with Crippen molar-refractivity contribution in [2.24, 2.45) is 4.99 Å². The van der Waals surface area contributed by atoms with E-state index in [1.165, 1.54) is 16.7 Å². The minimum Gasteiger partial charge on any atom is -0.325 e. The van der Waals surface area contributed by atoms with Gasteiger partial charge in [-0.1, -0.05) is 51.4 Å². The van der Waals surface area contributed by atoms with E-state index in [1.807, 2.05) is 37.3 Å². The van der Waals surface area contributed by atoms with Crippen LogP contribution in [0, 0.1) is 6.92 Å². The molecule has 27 heavy (non-hydrogen) atoms. The van der Waals surface area contributed by atoms with Crippen molar-refractivity contribution in [3.8, 4) is 0 Å². The summed E-state index contributed by atoms with van der Waals surface area (Å²) in [6, 6.07) is 12.8. The fraction of sp³-hybridized carbons (Fsp3) is 0.211. The van der Waals surface area contributed by atoms with Gasteiger partial charge in [-0.2, -0.15) is 0 Å². The van der Waals surface area contributed by atoms with Crippen LogP contribution in [0.5, 0.6) is 0 Å². The number of hydrogen-bond acceptors (Lipinski definition) is 4. The van der Waals surface area contributed by atoms with Crippen molar-refractivity contribution in [3.05, 3.63) is 57.5 Å². The second-order valence-corrected chi connectivity index (χ2v) is 8.58. The maximum atomic E-state index is 12.6. The Hall–Kier alpha value is -1.83. The van der Waals surface area contributed by atoms with Gasteiger partial charge < -0.3 is 5.32 Å². The van der Waals surface area contributed by atoms with Gasteiger partial charge in [-0.25, -0.2) is 4.99 Å². The van der Waals surface area contributed by atoms with E-state index in [4.69, 9.17) is 11.6 Å². The molecule has 1 unspecified atom stereocenters. The second-order valence-electron chi connectivity index (χ2n) is 6.09. The van der Waals surface area contributed by atoms with Gasteiger partial charge in [0.1, 0.15) is 5.25 Å². The fourth-order valence-electron chi connectivity index (χ4n) is 2.45. The van der Waals surface area contributed by atoms with E-state index in [0.29, 0.717) is 21.6 Å². The average molecular weight is 467 g/mol. The van der Waals surface area contributed by atoms with Crippen LogP contribution in [0.4, 0.5) is 11.4 Å². The van der Waals surface area contributed by atoms with Crippen molar-refractivity contribution in [1.82, 2.24) is 4.90 Å². The third-order valence-electron chi connectivity index (χ3n) is 4.03. The maximum Gasteiger partial charge on any atom is 0.238 e. The Bertz CT molecular complexity index is 935. The molecular formula is C19H17BrClN3O2S. The summed E-state index contributed by atoms with van der Waals surface area (Å²) in [6.07, 6.45) is 0.120. The van der Waals surface area contributed by atoms with Gasteiger partial charge in [0.15, 0.2) is 5.17 Å². The molecule has 1 fully saturated rings. The summed E-state index contributed by atoms with van der Waals surface area (Å²) in [6.45, 7) is 1.91. The number of halogens is 2.